The Kier molecular flexibility index (Phi) is 4.82. The first-order valence-electron chi connectivity index (χ1n) is 8.24. The third-order valence-corrected chi connectivity index (χ3v) is 4.72. The summed E-state index contributed by atoms with van der Waals surface area (Å²) in [4.78, 5) is 11.8. The Morgan fingerprint density at radius 2 is 2.00 bits per heavy atom. The van der Waals surface area contributed by atoms with E-state index >= 15 is 0 Å². The first-order valence-corrected chi connectivity index (χ1v) is 8.24. The molecule has 4 nitrogen and oxygen atoms in total. The molecule has 0 saturated heterocycles. The molecule has 4 heteroatoms. The Morgan fingerprint density at radius 3 is 2.74 bits per heavy atom. The normalized spacial score (nSPS) is 16.9. The van der Waals surface area contributed by atoms with Crippen LogP contribution in [0, 0.1) is 0 Å². The fourth-order valence-corrected chi connectivity index (χ4v) is 3.35. The summed E-state index contributed by atoms with van der Waals surface area (Å²) in [6.45, 7) is 0.930. The molecule has 0 radical (unpaired) electrons. The number of benzene rings is 1. The van der Waals surface area contributed by atoms with Crippen LogP contribution in [-0.4, -0.2) is 18.2 Å². The molecule has 2 aromatic rings. The molecule has 0 fully saturated rings. The number of fused-ring (bicyclic) bond motifs is 1. The van der Waals surface area contributed by atoms with Crippen molar-refractivity contribution in [2.24, 2.45) is 7.05 Å². The fourth-order valence-electron chi connectivity index (χ4n) is 3.35. The summed E-state index contributed by atoms with van der Waals surface area (Å²) in [5, 5.41) is 3.65. The summed E-state index contributed by atoms with van der Waals surface area (Å²) < 4.78 is 6.98. The molecule has 1 N–H and O–H groups in total. The highest BCUT2D eigenvalue weighted by atomic mass is 16.5. The van der Waals surface area contributed by atoms with Crippen molar-refractivity contribution in [2.45, 2.75) is 31.7 Å². The van der Waals surface area contributed by atoms with Crippen molar-refractivity contribution < 1.29 is 4.74 Å². The van der Waals surface area contributed by atoms with Crippen molar-refractivity contribution in [3.8, 4) is 5.75 Å². The second-order valence-corrected chi connectivity index (χ2v) is 6.13. The Bertz CT molecular complexity index is 719. The predicted octanol–water partition coefficient (Wildman–Crippen LogP) is 2.60. The van der Waals surface area contributed by atoms with Crippen LogP contribution < -0.4 is 15.6 Å². The van der Waals surface area contributed by atoms with Crippen LogP contribution in [0.25, 0.3) is 0 Å². The van der Waals surface area contributed by atoms with Gasteiger partial charge in [0.25, 0.3) is 0 Å². The van der Waals surface area contributed by atoms with Crippen LogP contribution >= 0.6 is 0 Å². The Hall–Kier alpha value is -2.07. The molecule has 1 aliphatic carbocycles. The Balaban J connectivity index is 1.63. The molecule has 0 bridgehead atoms. The van der Waals surface area contributed by atoms with E-state index in [4.69, 9.17) is 4.74 Å². The van der Waals surface area contributed by atoms with Gasteiger partial charge >= 0.3 is 0 Å². The Labute approximate surface area is 137 Å². The summed E-state index contributed by atoms with van der Waals surface area (Å²) in [5.41, 5.74) is 3.86. The van der Waals surface area contributed by atoms with Gasteiger partial charge in [-0.05, 0) is 55.5 Å². The number of rotatable bonds is 5. The largest absolute Gasteiger partial charge is 0.497 e. The maximum absolute atomic E-state index is 11.8. The van der Waals surface area contributed by atoms with Crippen LogP contribution in [0.4, 0.5) is 0 Å². The van der Waals surface area contributed by atoms with Crippen LogP contribution in [0.2, 0.25) is 0 Å². The lowest BCUT2D eigenvalue weighted by molar-refractivity contribution is 0.414. The third-order valence-electron chi connectivity index (χ3n) is 4.72. The van der Waals surface area contributed by atoms with Gasteiger partial charge in [0, 0.05) is 24.8 Å². The Morgan fingerprint density at radius 1 is 1.22 bits per heavy atom. The minimum absolute atomic E-state index is 0.0858. The number of nitrogens with zero attached hydrogens (tertiary/aromatic N) is 1. The highest BCUT2D eigenvalue weighted by Gasteiger charge is 2.21. The fraction of sp³-hybridized carbons (Fsp3) is 0.421. The number of pyridine rings is 1. The van der Waals surface area contributed by atoms with Gasteiger partial charge < -0.3 is 14.6 Å². The maximum atomic E-state index is 11.8. The predicted molar refractivity (Wildman–Crippen MR) is 92.1 cm³/mol. The molecule has 0 saturated carbocycles. The van der Waals surface area contributed by atoms with E-state index in [9.17, 15) is 4.79 Å². The summed E-state index contributed by atoms with van der Waals surface area (Å²) in [5.74, 6) is 0.892. The van der Waals surface area contributed by atoms with Gasteiger partial charge in [-0.1, -0.05) is 18.2 Å². The van der Waals surface area contributed by atoms with Gasteiger partial charge in [0.05, 0.1) is 7.11 Å². The molecular weight excluding hydrogens is 288 g/mol. The molecule has 1 aromatic carbocycles. The zero-order valence-corrected chi connectivity index (χ0v) is 13.8. The van der Waals surface area contributed by atoms with Gasteiger partial charge in [-0.3, -0.25) is 4.79 Å². The number of aromatic nitrogens is 1. The number of ether oxygens (including phenoxy) is 1. The number of hydrogen-bond acceptors (Lipinski definition) is 3. The lowest BCUT2D eigenvalue weighted by Crippen LogP contribution is -2.31. The van der Waals surface area contributed by atoms with Gasteiger partial charge in [-0.15, -0.1) is 0 Å². The quantitative estimate of drug-likeness (QED) is 0.923. The van der Waals surface area contributed by atoms with E-state index in [1.165, 1.54) is 16.8 Å². The van der Waals surface area contributed by atoms with E-state index in [0.717, 1.165) is 38.0 Å². The number of methoxy groups -OCH3 is 1. The van der Waals surface area contributed by atoms with Gasteiger partial charge in [0.15, 0.2) is 0 Å². The van der Waals surface area contributed by atoms with E-state index in [1.54, 1.807) is 17.7 Å². The molecule has 3 rings (SSSR count). The molecule has 122 valence electrons. The smallest absolute Gasteiger partial charge is 0.250 e. The first-order chi connectivity index (χ1) is 11.2. The standard InChI is InChI=1S/C19H24N2O2/c1-21-18-5-3-4-17(16(18)10-11-19(21)22)20-13-12-14-6-8-15(23-2)9-7-14/h6-11,17,20H,3-5,12-13H2,1-2H3. The van der Waals surface area contributed by atoms with Crippen LogP contribution in [0.3, 0.4) is 0 Å². The van der Waals surface area contributed by atoms with Crippen molar-refractivity contribution in [1.29, 1.82) is 0 Å². The molecular formula is C19H24N2O2. The van der Waals surface area contributed by atoms with Crippen molar-refractivity contribution in [1.82, 2.24) is 9.88 Å². The van der Waals surface area contributed by atoms with Crippen LogP contribution in [0.15, 0.2) is 41.2 Å². The first kappa shape index (κ1) is 15.8. The molecule has 1 aromatic heterocycles. The third kappa shape index (κ3) is 3.48. The summed E-state index contributed by atoms with van der Waals surface area (Å²) >= 11 is 0. The summed E-state index contributed by atoms with van der Waals surface area (Å²) in [6, 6.07) is 12.3. The number of hydrogen-bond donors (Lipinski definition) is 1. The molecule has 1 heterocycles. The minimum Gasteiger partial charge on any atom is -0.497 e. The molecule has 23 heavy (non-hydrogen) atoms. The highest BCUT2D eigenvalue weighted by Crippen LogP contribution is 2.28. The van der Waals surface area contributed by atoms with Crippen molar-refractivity contribution in [2.75, 3.05) is 13.7 Å². The molecule has 0 aliphatic heterocycles. The second kappa shape index (κ2) is 7.01. The summed E-state index contributed by atoms with van der Waals surface area (Å²) in [6.07, 6.45) is 4.25. The lowest BCUT2D eigenvalue weighted by Gasteiger charge is -2.27. The average molecular weight is 312 g/mol. The van der Waals surface area contributed by atoms with Crippen LogP contribution in [-0.2, 0) is 19.9 Å². The lowest BCUT2D eigenvalue weighted by atomic mass is 9.91. The van der Waals surface area contributed by atoms with Crippen LogP contribution in [0.1, 0.15) is 35.7 Å². The highest BCUT2D eigenvalue weighted by molar-refractivity contribution is 5.28. The number of nitrogens with one attached hydrogen (secondary N) is 1. The molecule has 0 spiro atoms. The van der Waals surface area contributed by atoms with Crippen molar-refractivity contribution >= 4 is 0 Å². The molecule has 1 aliphatic rings. The van der Waals surface area contributed by atoms with E-state index < -0.39 is 0 Å². The molecule has 1 unspecified atom stereocenters. The maximum Gasteiger partial charge on any atom is 0.250 e. The zero-order chi connectivity index (χ0) is 16.2. The molecule has 1 atom stereocenters. The van der Waals surface area contributed by atoms with Gasteiger partial charge in [0.2, 0.25) is 5.56 Å². The van der Waals surface area contributed by atoms with E-state index in [2.05, 4.69) is 17.4 Å². The second-order valence-electron chi connectivity index (χ2n) is 6.13. The average Bonchev–Trinajstić information content (AvgIpc) is 2.59. The zero-order valence-electron chi connectivity index (χ0n) is 13.8. The van der Waals surface area contributed by atoms with Gasteiger partial charge in [-0.25, -0.2) is 0 Å². The van der Waals surface area contributed by atoms with Crippen LogP contribution in [0.5, 0.6) is 5.75 Å². The van der Waals surface area contributed by atoms with E-state index in [-0.39, 0.29) is 5.56 Å². The van der Waals surface area contributed by atoms with E-state index in [1.807, 2.05) is 25.2 Å². The molecule has 0 amide bonds. The monoisotopic (exact) mass is 312 g/mol. The van der Waals surface area contributed by atoms with Gasteiger partial charge in [0.1, 0.15) is 5.75 Å². The SMILES string of the molecule is COc1ccc(CCNC2CCCc3c2ccc(=O)n3C)cc1. The summed E-state index contributed by atoms with van der Waals surface area (Å²) in [7, 11) is 3.56. The van der Waals surface area contributed by atoms with Crippen molar-refractivity contribution in [3.05, 3.63) is 63.6 Å². The topological polar surface area (TPSA) is 43.3 Å². The van der Waals surface area contributed by atoms with E-state index in [0.29, 0.717) is 6.04 Å². The minimum atomic E-state index is 0.0858. The van der Waals surface area contributed by atoms with Crippen molar-refractivity contribution in [3.63, 3.8) is 0 Å². The van der Waals surface area contributed by atoms with Gasteiger partial charge in [-0.2, -0.15) is 0 Å².